The number of halogens is 1. The molecule has 2 N–H and O–H groups in total. The molecule has 0 atom stereocenters. The van der Waals surface area contributed by atoms with Gasteiger partial charge in [-0.25, -0.2) is 9.07 Å². The molecule has 0 aliphatic rings. The Hall–Kier alpha value is -3.01. The Kier molecular flexibility index (Phi) is 3.57. The van der Waals surface area contributed by atoms with Crippen LogP contribution in [0.4, 0.5) is 4.39 Å². The van der Waals surface area contributed by atoms with Crippen molar-refractivity contribution in [3.05, 3.63) is 63.3 Å². The summed E-state index contributed by atoms with van der Waals surface area (Å²) in [5, 5.41) is 12.5. The number of hydrogen-bond acceptors (Lipinski definition) is 4. The van der Waals surface area contributed by atoms with Gasteiger partial charge in [0.2, 0.25) is 0 Å². The molecular weight excluding hydrogens is 263 g/mol. The van der Waals surface area contributed by atoms with E-state index in [0.717, 1.165) is 16.8 Å². The third kappa shape index (κ3) is 2.70. The molecule has 2 aromatic rings. The lowest BCUT2D eigenvalue weighted by atomic mass is 10.1. The second-order valence-electron chi connectivity index (χ2n) is 4.00. The summed E-state index contributed by atoms with van der Waals surface area (Å²) < 4.78 is 14.6. The molecule has 7 heteroatoms. The van der Waals surface area contributed by atoms with Gasteiger partial charge < -0.3 is 5.73 Å². The number of primary amides is 1. The molecule has 0 saturated carbocycles. The first-order chi connectivity index (χ1) is 9.51. The number of rotatable bonds is 3. The van der Waals surface area contributed by atoms with Gasteiger partial charge in [0.25, 0.3) is 11.5 Å². The molecule has 2 rings (SSSR count). The summed E-state index contributed by atoms with van der Waals surface area (Å²) in [5.41, 5.74) is 4.86. The van der Waals surface area contributed by atoms with Crippen molar-refractivity contribution in [3.63, 3.8) is 0 Å². The van der Waals surface area contributed by atoms with E-state index in [2.05, 4.69) is 5.10 Å². The third-order valence-corrected chi connectivity index (χ3v) is 2.61. The third-order valence-electron chi connectivity index (χ3n) is 2.61. The van der Waals surface area contributed by atoms with Crippen molar-refractivity contribution in [2.75, 3.05) is 0 Å². The molecule has 0 spiro atoms. The number of hydrogen-bond donors (Lipinski definition) is 1. The summed E-state index contributed by atoms with van der Waals surface area (Å²) in [6.45, 7) is -0.193. The average Bonchev–Trinajstić information content (AvgIpc) is 2.43. The van der Waals surface area contributed by atoms with Crippen molar-refractivity contribution in [1.82, 2.24) is 9.78 Å². The number of nitriles is 1. The minimum absolute atomic E-state index is 0.0959. The highest BCUT2D eigenvalue weighted by molar-refractivity contribution is 5.90. The Morgan fingerprint density at radius 1 is 1.40 bits per heavy atom. The van der Waals surface area contributed by atoms with Crippen LogP contribution in [0.25, 0.3) is 0 Å². The maximum atomic E-state index is 13.6. The minimum Gasteiger partial charge on any atom is -0.364 e. The van der Waals surface area contributed by atoms with E-state index in [-0.39, 0.29) is 23.4 Å². The lowest BCUT2D eigenvalue weighted by Crippen LogP contribution is -2.27. The van der Waals surface area contributed by atoms with Gasteiger partial charge in [0.1, 0.15) is 11.5 Å². The van der Waals surface area contributed by atoms with Crippen molar-refractivity contribution in [1.29, 1.82) is 5.26 Å². The van der Waals surface area contributed by atoms with Gasteiger partial charge in [-0.3, -0.25) is 9.59 Å². The lowest BCUT2D eigenvalue weighted by Gasteiger charge is -2.07. The molecule has 1 aromatic carbocycles. The van der Waals surface area contributed by atoms with Gasteiger partial charge in [0.15, 0.2) is 0 Å². The Bertz CT molecular complexity index is 777. The average molecular weight is 272 g/mol. The van der Waals surface area contributed by atoms with Crippen LogP contribution in [0.15, 0.2) is 35.1 Å². The van der Waals surface area contributed by atoms with Crippen LogP contribution in [-0.4, -0.2) is 15.7 Å². The van der Waals surface area contributed by atoms with Gasteiger partial charge in [-0.05, 0) is 24.3 Å². The Morgan fingerprint density at radius 2 is 2.15 bits per heavy atom. The van der Waals surface area contributed by atoms with Gasteiger partial charge in [-0.1, -0.05) is 0 Å². The zero-order valence-electron chi connectivity index (χ0n) is 10.2. The molecule has 0 unspecified atom stereocenters. The first-order valence-electron chi connectivity index (χ1n) is 5.58. The molecular formula is C13H9FN4O2. The van der Waals surface area contributed by atoms with Crippen LogP contribution >= 0.6 is 0 Å². The van der Waals surface area contributed by atoms with E-state index in [0.29, 0.717) is 0 Å². The number of amides is 1. The summed E-state index contributed by atoms with van der Waals surface area (Å²) in [5.74, 6) is -1.35. The minimum atomic E-state index is -0.787. The summed E-state index contributed by atoms with van der Waals surface area (Å²) >= 11 is 0. The van der Waals surface area contributed by atoms with Crippen molar-refractivity contribution in [2.45, 2.75) is 6.54 Å². The largest absolute Gasteiger partial charge is 0.364 e. The van der Waals surface area contributed by atoms with Crippen molar-refractivity contribution >= 4 is 5.91 Å². The Morgan fingerprint density at radius 3 is 2.80 bits per heavy atom. The summed E-state index contributed by atoms with van der Waals surface area (Å²) in [6, 6.07) is 7.98. The highest BCUT2D eigenvalue weighted by atomic mass is 19.1. The van der Waals surface area contributed by atoms with Gasteiger partial charge in [0, 0.05) is 11.6 Å². The van der Waals surface area contributed by atoms with E-state index in [1.807, 2.05) is 6.07 Å². The first kappa shape index (κ1) is 13.4. The van der Waals surface area contributed by atoms with Crippen LogP contribution in [0, 0.1) is 17.1 Å². The Balaban J connectivity index is 2.45. The van der Waals surface area contributed by atoms with Crippen LogP contribution in [-0.2, 0) is 6.54 Å². The smallest absolute Gasteiger partial charge is 0.269 e. The number of carbonyl (C=O) groups excluding carboxylic acids is 1. The molecule has 20 heavy (non-hydrogen) atoms. The van der Waals surface area contributed by atoms with Gasteiger partial charge in [-0.15, -0.1) is 0 Å². The molecule has 100 valence electrons. The Labute approximate surface area is 112 Å². The van der Waals surface area contributed by atoms with Crippen LogP contribution in [0.3, 0.4) is 0 Å². The SMILES string of the molecule is N#Cc1ccc(F)c(Cn2nc(C(N)=O)ccc2=O)c1. The predicted octanol–water partition coefficient (Wildman–Crippen LogP) is 0.401. The van der Waals surface area contributed by atoms with E-state index < -0.39 is 17.3 Å². The van der Waals surface area contributed by atoms with E-state index in [1.165, 1.54) is 18.2 Å². The zero-order valence-corrected chi connectivity index (χ0v) is 10.2. The monoisotopic (exact) mass is 272 g/mol. The molecule has 1 amide bonds. The number of carbonyl (C=O) groups is 1. The maximum Gasteiger partial charge on any atom is 0.269 e. The molecule has 1 aromatic heterocycles. The second kappa shape index (κ2) is 5.32. The molecule has 0 fully saturated rings. The second-order valence-corrected chi connectivity index (χ2v) is 4.00. The van der Waals surface area contributed by atoms with Crippen LogP contribution < -0.4 is 11.3 Å². The quantitative estimate of drug-likeness (QED) is 0.873. The molecule has 1 heterocycles. The van der Waals surface area contributed by atoms with Gasteiger partial charge in [0.05, 0.1) is 18.2 Å². The zero-order chi connectivity index (χ0) is 14.7. The van der Waals surface area contributed by atoms with E-state index in [1.54, 1.807) is 0 Å². The number of nitrogens with two attached hydrogens (primary N) is 1. The van der Waals surface area contributed by atoms with Crippen molar-refractivity contribution in [3.8, 4) is 6.07 Å². The van der Waals surface area contributed by atoms with Crippen LogP contribution in [0.5, 0.6) is 0 Å². The topological polar surface area (TPSA) is 102 Å². The summed E-state index contributed by atoms with van der Waals surface area (Å²) in [6.07, 6.45) is 0. The van der Waals surface area contributed by atoms with Gasteiger partial charge in [-0.2, -0.15) is 10.4 Å². The highest BCUT2D eigenvalue weighted by Gasteiger charge is 2.09. The fourth-order valence-corrected chi connectivity index (χ4v) is 1.62. The van der Waals surface area contributed by atoms with Crippen molar-refractivity contribution < 1.29 is 9.18 Å². The number of benzene rings is 1. The highest BCUT2D eigenvalue weighted by Crippen LogP contribution is 2.10. The maximum absolute atomic E-state index is 13.6. The molecule has 0 radical (unpaired) electrons. The number of aromatic nitrogens is 2. The molecule has 0 aliphatic carbocycles. The van der Waals surface area contributed by atoms with Crippen molar-refractivity contribution in [2.24, 2.45) is 5.73 Å². The molecule has 6 nitrogen and oxygen atoms in total. The van der Waals surface area contributed by atoms with Gasteiger partial charge >= 0.3 is 0 Å². The van der Waals surface area contributed by atoms with Crippen LogP contribution in [0.2, 0.25) is 0 Å². The lowest BCUT2D eigenvalue weighted by molar-refractivity contribution is 0.0993. The molecule has 0 aliphatic heterocycles. The van der Waals surface area contributed by atoms with E-state index >= 15 is 0 Å². The normalized spacial score (nSPS) is 10.0. The standard InChI is InChI=1S/C13H9FN4O2/c14-10-2-1-8(6-15)5-9(10)7-18-12(19)4-3-11(17-18)13(16)20/h1-5H,7H2,(H2,16,20). The first-order valence-corrected chi connectivity index (χ1v) is 5.58. The predicted molar refractivity (Wildman–Crippen MR) is 67.2 cm³/mol. The molecule has 0 saturated heterocycles. The van der Waals surface area contributed by atoms with E-state index in [4.69, 9.17) is 11.0 Å². The fraction of sp³-hybridized carbons (Fsp3) is 0.0769. The summed E-state index contributed by atoms with van der Waals surface area (Å²) in [7, 11) is 0. The molecule has 0 bridgehead atoms. The number of nitrogens with zero attached hydrogens (tertiary/aromatic N) is 3. The summed E-state index contributed by atoms with van der Waals surface area (Å²) in [4.78, 5) is 22.6. The van der Waals surface area contributed by atoms with E-state index in [9.17, 15) is 14.0 Å². The fourth-order valence-electron chi connectivity index (χ4n) is 1.62. The van der Waals surface area contributed by atoms with Crippen LogP contribution in [0.1, 0.15) is 21.6 Å².